The predicted octanol–water partition coefficient (Wildman–Crippen LogP) is 2.33. The topological polar surface area (TPSA) is 69.4 Å². The van der Waals surface area contributed by atoms with Gasteiger partial charge in [-0.3, -0.25) is 0 Å². The standard InChI is InChI=1S/C14H18BrN3O3/c1-14(2,19)13-8-18(17-16-13)7-9-5-12(21-4)10(15)6-11(9)20-3/h5-6,8,19H,7H2,1-4H3. The average Bonchev–Trinajstić information content (AvgIpc) is 2.88. The molecule has 1 N–H and O–H groups in total. The molecule has 6 nitrogen and oxygen atoms in total. The highest BCUT2D eigenvalue weighted by atomic mass is 79.9. The van der Waals surface area contributed by atoms with Crippen molar-refractivity contribution in [3.63, 3.8) is 0 Å². The summed E-state index contributed by atoms with van der Waals surface area (Å²) in [6, 6.07) is 3.73. The first-order chi connectivity index (χ1) is 9.85. The van der Waals surface area contributed by atoms with Gasteiger partial charge in [0.15, 0.2) is 0 Å². The molecule has 0 atom stereocenters. The highest BCUT2D eigenvalue weighted by Crippen LogP contribution is 2.33. The summed E-state index contributed by atoms with van der Waals surface area (Å²) >= 11 is 3.43. The quantitative estimate of drug-likeness (QED) is 0.891. The zero-order valence-corrected chi connectivity index (χ0v) is 14.0. The fraction of sp³-hybridized carbons (Fsp3) is 0.429. The Morgan fingerprint density at radius 2 is 1.90 bits per heavy atom. The van der Waals surface area contributed by atoms with Crippen LogP contribution in [0.1, 0.15) is 25.1 Å². The number of rotatable bonds is 5. The van der Waals surface area contributed by atoms with E-state index in [0.29, 0.717) is 18.0 Å². The number of aromatic nitrogens is 3. The predicted molar refractivity (Wildman–Crippen MR) is 81.6 cm³/mol. The summed E-state index contributed by atoms with van der Waals surface area (Å²) in [5, 5.41) is 17.9. The molecule has 0 spiro atoms. The van der Waals surface area contributed by atoms with Crippen molar-refractivity contribution in [1.82, 2.24) is 15.0 Å². The number of hydrogen-bond donors (Lipinski definition) is 1. The Morgan fingerprint density at radius 3 is 2.43 bits per heavy atom. The van der Waals surface area contributed by atoms with Crippen LogP contribution in [-0.4, -0.2) is 34.3 Å². The van der Waals surface area contributed by atoms with Gasteiger partial charge in [0, 0.05) is 5.56 Å². The van der Waals surface area contributed by atoms with Gasteiger partial charge in [-0.2, -0.15) is 0 Å². The van der Waals surface area contributed by atoms with Gasteiger partial charge in [-0.05, 0) is 41.9 Å². The monoisotopic (exact) mass is 355 g/mol. The van der Waals surface area contributed by atoms with Gasteiger partial charge < -0.3 is 14.6 Å². The maximum absolute atomic E-state index is 9.92. The third-order valence-corrected chi connectivity index (χ3v) is 3.67. The number of ether oxygens (including phenoxy) is 2. The van der Waals surface area contributed by atoms with Crippen molar-refractivity contribution in [2.24, 2.45) is 0 Å². The minimum absolute atomic E-state index is 0.468. The Bertz CT molecular complexity index is 635. The van der Waals surface area contributed by atoms with Crippen molar-refractivity contribution < 1.29 is 14.6 Å². The molecular weight excluding hydrogens is 338 g/mol. The number of aliphatic hydroxyl groups is 1. The van der Waals surface area contributed by atoms with E-state index >= 15 is 0 Å². The van der Waals surface area contributed by atoms with Crippen molar-refractivity contribution in [3.8, 4) is 11.5 Å². The molecule has 0 radical (unpaired) electrons. The summed E-state index contributed by atoms with van der Waals surface area (Å²) in [7, 11) is 3.22. The fourth-order valence-corrected chi connectivity index (χ4v) is 2.36. The lowest BCUT2D eigenvalue weighted by Gasteiger charge is -2.13. The third-order valence-electron chi connectivity index (χ3n) is 3.05. The third kappa shape index (κ3) is 3.54. The summed E-state index contributed by atoms with van der Waals surface area (Å²) < 4.78 is 13.1. The van der Waals surface area contributed by atoms with Crippen LogP contribution in [0.3, 0.4) is 0 Å². The molecule has 0 amide bonds. The smallest absolute Gasteiger partial charge is 0.133 e. The zero-order valence-electron chi connectivity index (χ0n) is 12.4. The van der Waals surface area contributed by atoms with Crippen LogP contribution in [0.2, 0.25) is 0 Å². The SMILES string of the molecule is COc1cc(Cn2cc(C(C)(C)O)nn2)c(OC)cc1Br. The molecular formula is C14H18BrN3O3. The first kappa shape index (κ1) is 15.8. The van der Waals surface area contributed by atoms with Gasteiger partial charge in [0.25, 0.3) is 0 Å². The van der Waals surface area contributed by atoms with Crippen molar-refractivity contribution in [1.29, 1.82) is 0 Å². The number of hydrogen-bond acceptors (Lipinski definition) is 5. The van der Waals surface area contributed by atoms with Gasteiger partial charge in [-0.25, -0.2) is 4.68 Å². The molecule has 1 aromatic heterocycles. The van der Waals surface area contributed by atoms with Gasteiger partial charge in [0.1, 0.15) is 22.8 Å². The fourth-order valence-electron chi connectivity index (χ4n) is 1.88. The van der Waals surface area contributed by atoms with Crippen LogP contribution < -0.4 is 9.47 Å². The van der Waals surface area contributed by atoms with E-state index < -0.39 is 5.60 Å². The van der Waals surface area contributed by atoms with Gasteiger partial charge in [0.05, 0.1) is 31.4 Å². The molecule has 2 aromatic rings. The largest absolute Gasteiger partial charge is 0.496 e. The molecule has 0 fully saturated rings. The molecule has 7 heteroatoms. The molecule has 21 heavy (non-hydrogen) atoms. The van der Waals surface area contributed by atoms with Crippen LogP contribution in [0.15, 0.2) is 22.8 Å². The van der Waals surface area contributed by atoms with Gasteiger partial charge >= 0.3 is 0 Å². The Morgan fingerprint density at radius 1 is 1.24 bits per heavy atom. The van der Waals surface area contributed by atoms with Crippen molar-refractivity contribution in [3.05, 3.63) is 34.1 Å². The van der Waals surface area contributed by atoms with E-state index in [9.17, 15) is 5.11 Å². The molecule has 0 saturated heterocycles. The molecule has 2 rings (SSSR count). The van der Waals surface area contributed by atoms with Crippen molar-refractivity contribution in [2.75, 3.05) is 14.2 Å². The number of nitrogens with zero attached hydrogens (tertiary/aromatic N) is 3. The highest BCUT2D eigenvalue weighted by Gasteiger charge is 2.20. The number of halogens is 1. The normalized spacial score (nSPS) is 11.5. The minimum atomic E-state index is -1.01. The lowest BCUT2D eigenvalue weighted by Crippen LogP contribution is -2.15. The second-order valence-electron chi connectivity index (χ2n) is 5.16. The van der Waals surface area contributed by atoms with Crippen LogP contribution in [0.4, 0.5) is 0 Å². The number of methoxy groups -OCH3 is 2. The van der Waals surface area contributed by atoms with Crippen LogP contribution in [0, 0.1) is 0 Å². The first-order valence-corrected chi connectivity index (χ1v) is 7.18. The zero-order chi connectivity index (χ0) is 15.6. The van der Waals surface area contributed by atoms with Gasteiger partial charge in [-0.1, -0.05) is 5.21 Å². The maximum atomic E-state index is 9.92. The summed E-state index contributed by atoms with van der Waals surface area (Å²) in [6.45, 7) is 3.81. The van der Waals surface area contributed by atoms with E-state index in [-0.39, 0.29) is 0 Å². The highest BCUT2D eigenvalue weighted by molar-refractivity contribution is 9.10. The Labute approximate surface area is 131 Å². The van der Waals surface area contributed by atoms with E-state index in [1.807, 2.05) is 12.1 Å². The van der Waals surface area contributed by atoms with Gasteiger partial charge in [-0.15, -0.1) is 5.10 Å². The van der Waals surface area contributed by atoms with Gasteiger partial charge in [0.2, 0.25) is 0 Å². The van der Waals surface area contributed by atoms with Crippen LogP contribution in [0.25, 0.3) is 0 Å². The molecule has 0 bridgehead atoms. The van der Waals surface area contributed by atoms with Crippen LogP contribution in [-0.2, 0) is 12.1 Å². The molecule has 0 aliphatic rings. The van der Waals surface area contributed by atoms with Crippen LogP contribution >= 0.6 is 15.9 Å². The summed E-state index contributed by atoms with van der Waals surface area (Å²) in [5.41, 5.74) is 0.412. The van der Waals surface area contributed by atoms with Crippen LogP contribution in [0.5, 0.6) is 11.5 Å². The average molecular weight is 356 g/mol. The summed E-state index contributed by atoms with van der Waals surface area (Å²) in [4.78, 5) is 0. The molecule has 0 aliphatic heterocycles. The first-order valence-electron chi connectivity index (χ1n) is 6.38. The maximum Gasteiger partial charge on any atom is 0.133 e. The second-order valence-corrected chi connectivity index (χ2v) is 6.01. The lowest BCUT2D eigenvalue weighted by atomic mass is 10.1. The molecule has 1 heterocycles. The minimum Gasteiger partial charge on any atom is -0.496 e. The molecule has 0 unspecified atom stereocenters. The Hall–Kier alpha value is -1.60. The summed E-state index contributed by atoms with van der Waals surface area (Å²) in [5.74, 6) is 1.44. The lowest BCUT2D eigenvalue weighted by molar-refractivity contribution is 0.0737. The Balaban J connectivity index is 2.32. The van der Waals surface area contributed by atoms with Crippen molar-refractivity contribution >= 4 is 15.9 Å². The summed E-state index contributed by atoms with van der Waals surface area (Å²) in [6.07, 6.45) is 1.72. The van der Waals surface area contributed by atoms with E-state index in [0.717, 1.165) is 15.8 Å². The molecule has 1 aromatic carbocycles. The second kappa shape index (κ2) is 6.03. The van der Waals surface area contributed by atoms with E-state index in [1.54, 1.807) is 38.9 Å². The van der Waals surface area contributed by atoms with E-state index in [1.165, 1.54) is 0 Å². The molecule has 0 saturated carbocycles. The van der Waals surface area contributed by atoms with Crippen molar-refractivity contribution in [2.45, 2.75) is 26.0 Å². The number of benzene rings is 1. The van der Waals surface area contributed by atoms with E-state index in [2.05, 4.69) is 26.2 Å². The Kier molecular flexibility index (Phi) is 4.53. The van der Waals surface area contributed by atoms with E-state index in [4.69, 9.17) is 9.47 Å². The molecule has 114 valence electrons. The molecule has 0 aliphatic carbocycles.